The van der Waals surface area contributed by atoms with E-state index >= 15 is 0 Å². The van der Waals surface area contributed by atoms with Crippen molar-refractivity contribution < 1.29 is 9.63 Å². The molecule has 1 amide bonds. The molecule has 0 N–H and O–H groups in total. The average molecular weight is 465 g/mol. The van der Waals surface area contributed by atoms with Gasteiger partial charge in [-0.05, 0) is 48.4 Å². The predicted molar refractivity (Wildman–Crippen MR) is 140 cm³/mol. The van der Waals surface area contributed by atoms with Gasteiger partial charge in [-0.2, -0.15) is 5.06 Å². The number of imidazole rings is 1. The number of nitrogens with zero attached hydrogens (tertiary/aromatic N) is 4. The summed E-state index contributed by atoms with van der Waals surface area (Å²) in [5.41, 5.74) is 4.87. The largest absolute Gasteiger partial charge is 0.302 e. The highest BCUT2D eigenvalue weighted by atomic mass is 16.7. The molecule has 5 aromatic rings. The SMILES string of the molecule is CCCCc1ccc(C(=O)N(OC)c2c(-c3ccccc3C)nc3c4ccccc4ccn23)nc1. The molecule has 0 saturated heterocycles. The topological polar surface area (TPSA) is 59.7 Å². The number of aryl methyl sites for hydroxylation is 2. The fourth-order valence-electron chi connectivity index (χ4n) is 4.42. The molecule has 0 unspecified atom stereocenters. The molecule has 0 aliphatic rings. The molecule has 0 atom stereocenters. The van der Waals surface area contributed by atoms with Gasteiger partial charge in [-0.3, -0.25) is 19.0 Å². The Morgan fingerprint density at radius 1 is 1.03 bits per heavy atom. The van der Waals surface area contributed by atoms with Gasteiger partial charge in [0, 0.05) is 23.3 Å². The van der Waals surface area contributed by atoms with E-state index in [-0.39, 0.29) is 5.91 Å². The standard InChI is InChI=1S/C29H28N4O2/c1-4-5-11-21-15-16-25(30-19-21)29(34)33(35-3)28-26(23-13-8-6-10-20(23)2)31-27-24-14-9-7-12-22(24)17-18-32(27)28/h6-10,12-19H,4-5,11H2,1-3H3. The molecule has 0 radical (unpaired) electrons. The van der Waals surface area contributed by atoms with Gasteiger partial charge in [-0.1, -0.05) is 67.9 Å². The number of aromatic nitrogens is 3. The van der Waals surface area contributed by atoms with Crippen molar-refractivity contribution in [3.05, 3.63) is 95.9 Å². The summed E-state index contributed by atoms with van der Waals surface area (Å²) in [5.74, 6) is 0.198. The van der Waals surface area contributed by atoms with Crippen LogP contribution in [0.25, 0.3) is 27.7 Å². The van der Waals surface area contributed by atoms with Crippen LogP contribution in [0, 0.1) is 6.92 Å². The normalized spacial score (nSPS) is 11.3. The second kappa shape index (κ2) is 9.68. The molecule has 5 rings (SSSR count). The molecule has 0 bridgehead atoms. The van der Waals surface area contributed by atoms with E-state index in [2.05, 4.69) is 18.0 Å². The molecule has 6 nitrogen and oxygen atoms in total. The van der Waals surface area contributed by atoms with Crippen LogP contribution in [0.2, 0.25) is 0 Å². The second-order valence-corrected chi connectivity index (χ2v) is 8.63. The highest BCUT2D eigenvalue weighted by Gasteiger charge is 2.28. The number of hydrogen-bond donors (Lipinski definition) is 0. The summed E-state index contributed by atoms with van der Waals surface area (Å²) in [4.78, 5) is 28.9. The van der Waals surface area contributed by atoms with E-state index in [1.165, 1.54) is 12.2 Å². The Balaban J connectivity index is 1.68. The van der Waals surface area contributed by atoms with Gasteiger partial charge < -0.3 is 0 Å². The van der Waals surface area contributed by atoms with E-state index < -0.39 is 0 Å². The summed E-state index contributed by atoms with van der Waals surface area (Å²) in [6.07, 6.45) is 6.87. The number of anilines is 1. The van der Waals surface area contributed by atoms with Crippen molar-refractivity contribution in [1.29, 1.82) is 0 Å². The summed E-state index contributed by atoms with van der Waals surface area (Å²) < 4.78 is 1.92. The lowest BCUT2D eigenvalue weighted by Crippen LogP contribution is -2.32. The number of carbonyl (C=O) groups is 1. The molecular weight excluding hydrogens is 436 g/mol. The monoisotopic (exact) mass is 464 g/mol. The quantitative estimate of drug-likeness (QED) is 0.261. The van der Waals surface area contributed by atoms with E-state index in [1.807, 2.05) is 72.1 Å². The number of hydrogen-bond acceptors (Lipinski definition) is 4. The number of hydroxylamine groups is 1. The van der Waals surface area contributed by atoms with Crippen molar-refractivity contribution in [2.75, 3.05) is 12.2 Å². The van der Waals surface area contributed by atoms with E-state index in [9.17, 15) is 4.79 Å². The van der Waals surface area contributed by atoms with Crippen LogP contribution in [0.1, 0.15) is 41.4 Å². The number of unbranched alkanes of at least 4 members (excludes halogenated alkanes) is 1. The Morgan fingerprint density at radius 2 is 1.83 bits per heavy atom. The summed E-state index contributed by atoms with van der Waals surface area (Å²) in [6.45, 7) is 4.20. The summed E-state index contributed by atoms with van der Waals surface area (Å²) in [6, 6.07) is 21.9. The van der Waals surface area contributed by atoms with Gasteiger partial charge >= 0.3 is 5.91 Å². The molecule has 3 heterocycles. The maximum Gasteiger partial charge on any atom is 0.302 e. The number of benzene rings is 2. The second-order valence-electron chi connectivity index (χ2n) is 8.63. The lowest BCUT2D eigenvalue weighted by molar-refractivity contribution is 0.0763. The van der Waals surface area contributed by atoms with Gasteiger partial charge in [0.15, 0.2) is 5.82 Å². The van der Waals surface area contributed by atoms with E-state index in [1.54, 1.807) is 12.3 Å². The zero-order valence-corrected chi connectivity index (χ0v) is 20.2. The lowest BCUT2D eigenvalue weighted by atomic mass is 10.1. The Kier molecular flexibility index (Phi) is 6.29. The minimum absolute atomic E-state index is 0.318. The van der Waals surface area contributed by atoms with Gasteiger partial charge in [0.25, 0.3) is 0 Å². The third-order valence-electron chi connectivity index (χ3n) is 6.31. The van der Waals surface area contributed by atoms with Gasteiger partial charge in [-0.15, -0.1) is 0 Å². The number of carbonyl (C=O) groups excluding carboxylic acids is 1. The molecule has 0 aliphatic carbocycles. The van der Waals surface area contributed by atoms with Crippen LogP contribution in [0.4, 0.5) is 5.82 Å². The molecule has 0 saturated carbocycles. The first-order valence-electron chi connectivity index (χ1n) is 11.9. The van der Waals surface area contributed by atoms with Crippen molar-refractivity contribution in [2.24, 2.45) is 0 Å². The molecule has 176 valence electrons. The van der Waals surface area contributed by atoms with Crippen molar-refractivity contribution in [2.45, 2.75) is 33.1 Å². The Hall–Kier alpha value is -4.03. The fourth-order valence-corrected chi connectivity index (χ4v) is 4.42. The van der Waals surface area contributed by atoms with Crippen molar-refractivity contribution >= 4 is 28.1 Å². The molecule has 6 heteroatoms. The predicted octanol–water partition coefficient (Wildman–Crippen LogP) is 6.41. The molecule has 0 fully saturated rings. The minimum Gasteiger partial charge on any atom is -0.283 e. The van der Waals surface area contributed by atoms with Crippen LogP contribution in [0.5, 0.6) is 0 Å². The van der Waals surface area contributed by atoms with Gasteiger partial charge in [0.05, 0.1) is 7.11 Å². The van der Waals surface area contributed by atoms with Crippen molar-refractivity contribution in [3.63, 3.8) is 0 Å². The van der Waals surface area contributed by atoms with E-state index in [4.69, 9.17) is 9.82 Å². The molecule has 0 spiro atoms. The minimum atomic E-state index is -0.348. The molecular formula is C29H28N4O2. The molecule has 2 aromatic carbocycles. The first-order valence-corrected chi connectivity index (χ1v) is 11.9. The van der Waals surface area contributed by atoms with Gasteiger partial charge in [-0.25, -0.2) is 4.98 Å². The Labute approximate surface area is 204 Å². The number of fused-ring (bicyclic) bond motifs is 3. The van der Waals surface area contributed by atoms with Crippen LogP contribution >= 0.6 is 0 Å². The smallest absolute Gasteiger partial charge is 0.283 e. The van der Waals surface area contributed by atoms with Crippen LogP contribution in [-0.4, -0.2) is 27.4 Å². The first kappa shape index (κ1) is 22.7. The summed E-state index contributed by atoms with van der Waals surface area (Å²) in [5, 5.41) is 3.37. The number of rotatable bonds is 7. The van der Waals surface area contributed by atoms with E-state index in [0.29, 0.717) is 17.2 Å². The third kappa shape index (κ3) is 4.17. The van der Waals surface area contributed by atoms with Crippen molar-refractivity contribution in [1.82, 2.24) is 14.4 Å². The Morgan fingerprint density at radius 3 is 2.57 bits per heavy atom. The molecule has 35 heavy (non-hydrogen) atoms. The first-order chi connectivity index (χ1) is 17.1. The van der Waals surface area contributed by atoms with Gasteiger partial charge in [0.2, 0.25) is 0 Å². The summed E-state index contributed by atoms with van der Waals surface area (Å²) >= 11 is 0. The van der Waals surface area contributed by atoms with Crippen LogP contribution in [-0.2, 0) is 11.3 Å². The lowest BCUT2D eigenvalue weighted by Gasteiger charge is -2.20. The third-order valence-corrected chi connectivity index (χ3v) is 6.31. The maximum absolute atomic E-state index is 13.7. The zero-order chi connectivity index (χ0) is 24.4. The van der Waals surface area contributed by atoms with Crippen LogP contribution in [0.15, 0.2) is 79.1 Å². The van der Waals surface area contributed by atoms with Crippen LogP contribution < -0.4 is 5.06 Å². The Bertz CT molecular complexity index is 1510. The number of pyridine rings is 2. The van der Waals surface area contributed by atoms with Crippen LogP contribution in [0.3, 0.4) is 0 Å². The highest BCUT2D eigenvalue weighted by Crippen LogP contribution is 2.36. The summed E-state index contributed by atoms with van der Waals surface area (Å²) in [7, 11) is 1.50. The van der Waals surface area contributed by atoms with Gasteiger partial charge in [0.1, 0.15) is 17.0 Å². The maximum atomic E-state index is 13.7. The fraction of sp³-hybridized carbons (Fsp3) is 0.207. The zero-order valence-electron chi connectivity index (χ0n) is 20.2. The number of amides is 1. The van der Waals surface area contributed by atoms with E-state index in [0.717, 1.165) is 52.4 Å². The average Bonchev–Trinajstić information content (AvgIpc) is 3.28. The van der Waals surface area contributed by atoms with Crippen molar-refractivity contribution in [3.8, 4) is 11.3 Å². The molecule has 3 aromatic heterocycles. The highest BCUT2D eigenvalue weighted by molar-refractivity contribution is 6.06. The molecule has 0 aliphatic heterocycles.